The average molecular weight is 344 g/mol. The lowest BCUT2D eigenvalue weighted by Gasteiger charge is -2.39. The molecule has 6 heteroatoms. The van der Waals surface area contributed by atoms with Crippen LogP contribution < -0.4 is 5.32 Å². The van der Waals surface area contributed by atoms with Crippen molar-refractivity contribution in [3.05, 3.63) is 35.4 Å². The summed E-state index contributed by atoms with van der Waals surface area (Å²) in [6, 6.07) is 5.58. The van der Waals surface area contributed by atoms with Crippen molar-refractivity contribution in [2.45, 2.75) is 57.0 Å². The van der Waals surface area contributed by atoms with Crippen molar-refractivity contribution in [1.82, 2.24) is 10.2 Å². The Kier molecular flexibility index (Phi) is 5.36. The minimum absolute atomic E-state index is 0.0219. The molecule has 25 heavy (non-hydrogen) atoms. The summed E-state index contributed by atoms with van der Waals surface area (Å²) in [6.45, 7) is 0.781. The van der Waals surface area contributed by atoms with Gasteiger partial charge in [-0.25, -0.2) is 4.79 Å². The van der Waals surface area contributed by atoms with E-state index < -0.39 is 12.0 Å². The summed E-state index contributed by atoms with van der Waals surface area (Å²) in [7, 11) is 0. The quantitative estimate of drug-likeness (QED) is 0.878. The van der Waals surface area contributed by atoms with Gasteiger partial charge in [0.25, 0.3) is 5.91 Å². The minimum Gasteiger partial charge on any atom is -0.478 e. The van der Waals surface area contributed by atoms with Crippen LogP contribution in [0.25, 0.3) is 0 Å². The second kappa shape index (κ2) is 7.68. The second-order valence-corrected chi connectivity index (χ2v) is 6.87. The third kappa shape index (κ3) is 4.00. The summed E-state index contributed by atoms with van der Waals surface area (Å²) < 4.78 is 0. The van der Waals surface area contributed by atoms with Crippen LogP contribution >= 0.6 is 0 Å². The number of likely N-dealkylation sites (tertiary alicyclic amines) is 1. The molecule has 2 aliphatic rings. The van der Waals surface area contributed by atoms with Crippen LogP contribution in [-0.2, 0) is 4.79 Å². The Morgan fingerprint density at radius 1 is 0.960 bits per heavy atom. The van der Waals surface area contributed by atoms with E-state index >= 15 is 0 Å². The summed E-state index contributed by atoms with van der Waals surface area (Å²) in [4.78, 5) is 38.0. The molecule has 3 rings (SSSR count). The first kappa shape index (κ1) is 17.5. The van der Waals surface area contributed by atoms with Gasteiger partial charge in [0, 0.05) is 18.2 Å². The molecule has 1 aliphatic heterocycles. The number of carbonyl (C=O) groups excluding carboxylic acids is 2. The van der Waals surface area contributed by atoms with Gasteiger partial charge in [-0.1, -0.05) is 19.3 Å². The van der Waals surface area contributed by atoms with Crippen LogP contribution in [0.4, 0.5) is 0 Å². The molecule has 2 fully saturated rings. The molecule has 1 saturated carbocycles. The van der Waals surface area contributed by atoms with Crippen molar-refractivity contribution in [2.24, 2.45) is 0 Å². The lowest BCUT2D eigenvalue weighted by Crippen LogP contribution is -2.55. The molecule has 0 spiro atoms. The predicted molar refractivity (Wildman–Crippen MR) is 92.5 cm³/mol. The zero-order valence-electron chi connectivity index (χ0n) is 14.2. The highest BCUT2D eigenvalue weighted by molar-refractivity contribution is 5.98. The van der Waals surface area contributed by atoms with Gasteiger partial charge in [-0.3, -0.25) is 9.59 Å². The van der Waals surface area contributed by atoms with E-state index in [1.54, 1.807) is 0 Å². The number of benzene rings is 1. The van der Waals surface area contributed by atoms with Gasteiger partial charge in [0.15, 0.2) is 0 Å². The summed E-state index contributed by atoms with van der Waals surface area (Å²) in [6.07, 6.45) is 7.24. The van der Waals surface area contributed by atoms with Gasteiger partial charge in [0.2, 0.25) is 5.91 Å². The van der Waals surface area contributed by atoms with E-state index in [0.29, 0.717) is 18.0 Å². The fraction of sp³-hybridized carbons (Fsp3) is 0.526. The fourth-order valence-corrected chi connectivity index (χ4v) is 3.79. The average Bonchev–Trinajstić information content (AvgIpc) is 2.64. The fourth-order valence-electron chi connectivity index (χ4n) is 3.79. The Labute approximate surface area is 147 Å². The van der Waals surface area contributed by atoms with Gasteiger partial charge in [-0.05, 0) is 49.9 Å². The number of carboxylic acid groups (broad SMARTS) is 1. The molecule has 1 aliphatic carbocycles. The van der Waals surface area contributed by atoms with Crippen LogP contribution in [-0.4, -0.2) is 46.4 Å². The highest BCUT2D eigenvalue weighted by Gasteiger charge is 2.34. The van der Waals surface area contributed by atoms with E-state index in [1.165, 1.54) is 43.5 Å². The topological polar surface area (TPSA) is 86.7 Å². The maximum Gasteiger partial charge on any atom is 0.335 e. The Bertz CT molecular complexity index is 650. The Morgan fingerprint density at radius 2 is 1.60 bits per heavy atom. The summed E-state index contributed by atoms with van der Waals surface area (Å²) in [5.74, 6) is -1.34. The number of piperidine rings is 1. The van der Waals surface area contributed by atoms with Gasteiger partial charge >= 0.3 is 5.97 Å². The van der Waals surface area contributed by atoms with Crippen molar-refractivity contribution in [3.63, 3.8) is 0 Å². The maximum absolute atomic E-state index is 12.8. The van der Waals surface area contributed by atoms with Crippen LogP contribution in [0.5, 0.6) is 0 Å². The highest BCUT2D eigenvalue weighted by atomic mass is 16.4. The molecule has 0 radical (unpaired) electrons. The van der Waals surface area contributed by atoms with Gasteiger partial charge in [0.05, 0.1) is 5.56 Å². The predicted octanol–water partition coefficient (Wildman–Crippen LogP) is 2.44. The molecular formula is C19H24N2O4. The Morgan fingerprint density at radius 3 is 2.24 bits per heavy atom. The van der Waals surface area contributed by atoms with Crippen molar-refractivity contribution < 1.29 is 19.5 Å². The molecule has 1 heterocycles. The minimum atomic E-state index is -1.03. The number of carbonyl (C=O) groups is 3. The van der Waals surface area contributed by atoms with E-state index in [4.69, 9.17) is 5.11 Å². The van der Waals surface area contributed by atoms with E-state index in [2.05, 4.69) is 5.32 Å². The third-order valence-corrected chi connectivity index (χ3v) is 5.19. The van der Waals surface area contributed by atoms with Gasteiger partial charge < -0.3 is 15.3 Å². The Balaban J connectivity index is 1.63. The van der Waals surface area contributed by atoms with Crippen LogP contribution in [0.2, 0.25) is 0 Å². The molecular weight excluding hydrogens is 320 g/mol. The monoisotopic (exact) mass is 344 g/mol. The van der Waals surface area contributed by atoms with Crippen molar-refractivity contribution >= 4 is 17.8 Å². The number of rotatable bonds is 4. The van der Waals surface area contributed by atoms with Crippen LogP contribution in [0.15, 0.2) is 24.3 Å². The molecule has 1 saturated heterocycles. The first-order chi connectivity index (χ1) is 12.1. The molecule has 0 aromatic heterocycles. The molecule has 1 aromatic carbocycles. The van der Waals surface area contributed by atoms with Gasteiger partial charge in [0.1, 0.15) is 6.04 Å². The molecule has 2 N–H and O–H groups in total. The third-order valence-electron chi connectivity index (χ3n) is 5.19. The normalized spacial score (nSPS) is 21.8. The molecule has 6 nitrogen and oxygen atoms in total. The maximum atomic E-state index is 12.8. The number of nitrogens with zero attached hydrogens (tertiary/aromatic N) is 1. The lowest BCUT2D eigenvalue weighted by molar-refractivity contribution is -0.139. The van der Waals surface area contributed by atoms with Gasteiger partial charge in [-0.15, -0.1) is 0 Å². The van der Waals surface area contributed by atoms with Crippen LogP contribution in [0.3, 0.4) is 0 Å². The zero-order valence-corrected chi connectivity index (χ0v) is 14.2. The van der Waals surface area contributed by atoms with E-state index in [-0.39, 0.29) is 17.4 Å². The van der Waals surface area contributed by atoms with E-state index in [1.807, 2.05) is 4.90 Å². The molecule has 134 valence electrons. The molecule has 1 atom stereocenters. The second-order valence-electron chi connectivity index (χ2n) is 6.87. The van der Waals surface area contributed by atoms with Crippen LogP contribution in [0, 0.1) is 0 Å². The van der Waals surface area contributed by atoms with Crippen LogP contribution in [0.1, 0.15) is 65.7 Å². The van der Waals surface area contributed by atoms with Crippen molar-refractivity contribution in [1.29, 1.82) is 0 Å². The molecule has 0 bridgehead atoms. The zero-order chi connectivity index (χ0) is 17.8. The SMILES string of the molecule is O=C(O)c1ccc(C(=O)NC2CCCN(C3CCCCC3)C2=O)cc1. The number of nitrogens with one attached hydrogen (secondary N) is 1. The largest absolute Gasteiger partial charge is 0.478 e. The molecule has 2 amide bonds. The highest BCUT2D eigenvalue weighted by Crippen LogP contribution is 2.26. The number of carboxylic acids is 1. The number of hydrogen-bond acceptors (Lipinski definition) is 3. The van der Waals surface area contributed by atoms with Crippen molar-refractivity contribution in [2.75, 3.05) is 6.54 Å². The summed E-state index contributed by atoms with van der Waals surface area (Å²) in [5, 5.41) is 11.7. The molecule has 1 unspecified atom stereocenters. The van der Waals surface area contributed by atoms with Gasteiger partial charge in [-0.2, -0.15) is 0 Å². The number of amides is 2. The summed E-state index contributed by atoms with van der Waals surface area (Å²) >= 11 is 0. The first-order valence-corrected chi connectivity index (χ1v) is 9.01. The van der Waals surface area contributed by atoms with E-state index in [9.17, 15) is 14.4 Å². The number of aromatic carboxylic acids is 1. The standard InChI is InChI=1S/C19H24N2O4/c22-17(13-8-10-14(11-9-13)19(24)25)20-16-7-4-12-21(18(16)23)15-5-2-1-3-6-15/h8-11,15-16H,1-7,12H2,(H,20,22)(H,24,25). The Hall–Kier alpha value is -2.37. The smallest absolute Gasteiger partial charge is 0.335 e. The summed E-state index contributed by atoms with van der Waals surface area (Å²) in [5.41, 5.74) is 0.501. The molecule has 1 aromatic rings. The van der Waals surface area contributed by atoms with Crippen molar-refractivity contribution in [3.8, 4) is 0 Å². The number of hydrogen-bond donors (Lipinski definition) is 2. The first-order valence-electron chi connectivity index (χ1n) is 9.01. The van der Waals surface area contributed by atoms with E-state index in [0.717, 1.165) is 25.8 Å². The lowest BCUT2D eigenvalue weighted by atomic mass is 9.91.